The van der Waals surface area contributed by atoms with Crippen molar-refractivity contribution in [3.8, 4) is 0 Å². The number of aromatic nitrogens is 1. The van der Waals surface area contributed by atoms with Gasteiger partial charge in [0.1, 0.15) is 6.04 Å². The summed E-state index contributed by atoms with van der Waals surface area (Å²) in [6, 6.07) is 17.7. The first-order chi connectivity index (χ1) is 15.3. The van der Waals surface area contributed by atoms with E-state index >= 15 is 0 Å². The van der Waals surface area contributed by atoms with Crippen LogP contribution in [-0.2, 0) is 21.4 Å². The summed E-state index contributed by atoms with van der Waals surface area (Å²) in [5, 5.41) is 5.52. The summed E-state index contributed by atoms with van der Waals surface area (Å²) >= 11 is 0. The van der Waals surface area contributed by atoms with E-state index in [0.717, 1.165) is 16.1 Å². The number of benzene rings is 2. The van der Waals surface area contributed by atoms with Crippen molar-refractivity contribution in [1.29, 1.82) is 0 Å². The Morgan fingerprint density at radius 3 is 2.34 bits per heavy atom. The fourth-order valence-corrected chi connectivity index (χ4v) is 3.73. The Balaban J connectivity index is 1.83. The molecule has 2 amide bonds. The number of pyridine rings is 1. The molecule has 0 unspecified atom stereocenters. The first-order valence-electron chi connectivity index (χ1n) is 9.82. The molecule has 0 saturated heterocycles. The largest absolute Gasteiger partial charge is 0.348 e. The van der Waals surface area contributed by atoms with Crippen molar-refractivity contribution in [2.75, 3.05) is 18.6 Å². The van der Waals surface area contributed by atoms with Crippen molar-refractivity contribution >= 4 is 27.5 Å². The van der Waals surface area contributed by atoms with E-state index in [0.29, 0.717) is 5.56 Å². The molecule has 3 rings (SSSR count). The van der Waals surface area contributed by atoms with Crippen LogP contribution in [-0.4, -0.2) is 42.8 Å². The van der Waals surface area contributed by atoms with Crippen molar-refractivity contribution in [1.82, 2.24) is 14.6 Å². The number of sulfonamides is 1. The van der Waals surface area contributed by atoms with Crippen LogP contribution in [0.25, 0.3) is 0 Å². The summed E-state index contributed by atoms with van der Waals surface area (Å²) in [5.41, 5.74) is 1.89. The molecule has 0 fully saturated rings. The predicted molar refractivity (Wildman–Crippen MR) is 122 cm³/mol. The van der Waals surface area contributed by atoms with Crippen LogP contribution in [0.15, 0.2) is 79.1 Å². The average molecular weight is 453 g/mol. The Hall–Kier alpha value is -3.56. The quantitative estimate of drug-likeness (QED) is 0.546. The molecule has 0 aliphatic heterocycles. The summed E-state index contributed by atoms with van der Waals surface area (Å²) in [7, 11) is -2.32. The molecule has 0 aliphatic carbocycles. The highest BCUT2D eigenvalue weighted by Crippen LogP contribution is 2.25. The van der Waals surface area contributed by atoms with Crippen LogP contribution in [0.2, 0.25) is 0 Å². The zero-order valence-electron chi connectivity index (χ0n) is 17.7. The minimum Gasteiger partial charge on any atom is -0.348 e. The Kier molecular flexibility index (Phi) is 7.34. The molecule has 0 spiro atoms. The first-order valence-corrected chi connectivity index (χ1v) is 11.7. The normalized spacial score (nSPS) is 12.2. The minimum absolute atomic E-state index is 0.263. The van der Waals surface area contributed by atoms with Gasteiger partial charge in [-0.1, -0.05) is 48.5 Å². The molecule has 0 radical (unpaired) electrons. The number of carbonyl (C=O) groups excluding carboxylic acids is 2. The van der Waals surface area contributed by atoms with E-state index in [1.165, 1.54) is 7.05 Å². The van der Waals surface area contributed by atoms with Gasteiger partial charge in [-0.3, -0.25) is 14.6 Å². The van der Waals surface area contributed by atoms with E-state index in [4.69, 9.17) is 0 Å². The van der Waals surface area contributed by atoms with Gasteiger partial charge in [-0.2, -0.15) is 4.31 Å². The molecule has 32 heavy (non-hydrogen) atoms. The highest BCUT2D eigenvalue weighted by molar-refractivity contribution is 7.88. The standard InChI is InChI=1S/C23H24N4O4S/c1-27(32(2,30)31)21(18-10-4-3-5-11-18)23(29)26-20-13-7-6-12-19(20)22(28)25-16-17-9-8-14-24-15-17/h3-15,21H,16H2,1-2H3,(H,25,28)(H,26,29)/t21-/m0/s1. The number of rotatable bonds is 8. The van der Waals surface area contributed by atoms with Gasteiger partial charge in [0.2, 0.25) is 15.9 Å². The average Bonchev–Trinajstić information content (AvgIpc) is 2.79. The predicted octanol–water partition coefficient (Wildman–Crippen LogP) is 2.58. The zero-order chi connectivity index (χ0) is 23.1. The third-order valence-electron chi connectivity index (χ3n) is 4.86. The maximum Gasteiger partial charge on any atom is 0.253 e. The molecule has 1 heterocycles. The molecule has 166 valence electrons. The Morgan fingerprint density at radius 2 is 1.69 bits per heavy atom. The molecule has 9 heteroatoms. The van der Waals surface area contributed by atoms with Gasteiger partial charge < -0.3 is 10.6 Å². The number of nitrogens with zero attached hydrogens (tertiary/aromatic N) is 2. The van der Waals surface area contributed by atoms with Gasteiger partial charge in [0, 0.05) is 26.0 Å². The molecule has 2 N–H and O–H groups in total. The second kappa shape index (κ2) is 10.2. The number of hydrogen-bond acceptors (Lipinski definition) is 5. The lowest BCUT2D eigenvalue weighted by atomic mass is 10.1. The van der Waals surface area contributed by atoms with Crippen molar-refractivity contribution in [3.63, 3.8) is 0 Å². The Bertz CT molecular complexity index is 1180. The third-order valence-corrected chi connectivity index (χ3v) is 6.11. The van der Waals surface area contributed by atoms with Gasteiger partial charge in [-0.25, -0.2) is 8.42 Å². The van der Waals surface area contributed by atoms with Gasteiger partial charge in [0.05, 0.1) is 17.5 Å². The van der Waals surface area contributed by atoms with E-state index in [-0.39, 0.29) is 23.7 Å². The maximum atomic E-state index is 13.2. The van der Waals surface area contributed by atoms with E-state index in [1.54, 1.807) is 73.1 Å². The number of nitrogens with one attached hydrogen (secondary N) is 2. The summed E-state index contributed by atoms with van der Waals surface area (Å²) in [6.45, 7) is 0.276. The third kappa shape index (κ3) is 5.77. The van der Waals surface area contributed by atoms with E-state index < -0.39 is 22.0 Å². The lowest BCUT2D eigenvalue weighted by molar-refractivity contribution is -0.119. The molecule has 0 aliphatic rings. The summed E-state index contributed by atoms with van der Waals surface area (Å²) in [4.78, 5) is 30.0. The smallest absolute Gasteiger partial charge is 0.253 e. The maximum absolute atomic E-state index is 13.2. The molecule has 0 bridgehead atoms. The highest BCUT2D eigenvalue weighted by Gasteiger charge is 2.31. The number of anilines is 1. The molecule has 8 nitrogen and oxygen atoms in total. The summed E-state index contributed by atoms with van der Waals surface area (Å²) in [5.74, 6) is -0.950. The summed E-state index contributed by atoms with van der Waals surface area (Å²) < 4.78 is 25.4. The van der Waals surface area contributed by atoms with Crippen molar-refractivity contribution in [3.05, 3.63) is 95.8 Å². The Labute approximate surface area is 187 Å². The molecule has 1 aromatic heterocycles. The molecule has 2 aromatic carbocycles. The number of amides is 2. The fraction of sp³-hybridized carbons (Fsp3) is 0.174. The molecular weight excluding hydrogens is 428 g/mol. The molecule has 3 aromatic rings. The molecular formula is C23H24N4O4S. The highest BCUT2D eigenvalue weighted by atomic mass is 32.2. The fourth-order valence-electron chi connectivity index (χ4n) is 3.12. The number of likely N-dealkylation sites (N-methyl/N-ethyl adjacent to an activating group) is 1. The van der Waals surface area contributed by atoms with Crippen molar-refractivity contribution in [2.45, 2.75) is 12.6 Å². The van der Waals surface area contributed by atoms with Crippen LogP contribution in [0.4, 0.5) is 5.69 Å². The van der Waals surface area contributed by atoms with Gasteiger partial charge in [-0.15, -0.1) is 0 Å². The van der Waals surface area contributed by atoms with Gasteiger partial charge >= 0.3 is 0 Å². The van der Waals surface area contributed by atoms with Crippen LogP contribution in [0.3, 0.4) is 0 Å². The SMILES string of the molecule is CN([C@H](C(=O)Nc1ccccc1C(=O)NCc1cccnc1)c1ccccc1)S(C)(=O)=O. The van der Waals surface area contributed by atoms with Gasteiger partial charge in [-0.05, 0) is 29.3 Å². The van der Waals surface area contributed by atoms with Crippen LogP contribution in [0.1, 0.15) is 27.5 Å². The van der Waals surface area contributed by atoms with E-state index in [9.17, 15) is 18.0 Å². The van der Waals surface area contributed by atoms with E-state index in [1.807, 2.05) is 6.07 Å². The minimum atomic E-state index is -3.67. The van der Waals surface area contributed by atoms with Crippen molar-refractivity contribution < 1.29 is 18.0 Å². The number of para-hydroxylation sites is 1. The molecule has 0 saturated carbocycles. The topological polar surface area (TPSA) is 108 Å². The van der Waals surface area contributed by atoms with Crippen LogP contribution >= 0.6 is 0 Å². The molecule has 1 atom stereocenters. The Morgan fingerprint density at radius 1 is 1.00 bits per heavy atom. The second-order valence-electron chi connectivity index (χ2n) is 7.17. The van der Waals surface area contributed by atoms with Gasteiger partial charge in [0.15, 0.2) is 0 Å². The first kappa shape index (κ1) is 23.1. The zero-order valence-corrected chi connectivity index (χ0v) is 18.5. The van der Waals surface area contributed by atoms with Crippen molar-refractivity contribution in [2.24, 2.45) is 0 Å². The second-order valence-corrected chi connectivity index (χ2v) is 9.21. The van der Waals surface area contributed by atoms with Crippen LogP contribution < -0.4 is 10.6 Å². The number of hydrogen-bond donors (Lipinski definition) is 2. The van der Waals surface area contributed by atoms with Gasteiger partial charge in [0.25, 0.3) is 5.91 Å². The monoisotopic (exact) mass is 452 g/mol. The van der Waals surface area contributed by atoms with Crippen LogP contribution in [0.5, 0.6) is 0 Å². The summed E-state index contributed by atoms with van der Waals surface area (Å²) in [6.07, 6.45) is 4.34. The van der Waals surface area contributed by atoms with Crippen LogP contribution in [0, 0.1) is 0 Å². The lowest BCUT2D eigenvalue weighted by Crippen LogP contribution is -2.38. The van der Waals surface area contributed by atoms with E-state index in [2.05, 4.69) is 15.6 Å². The lowest BCUT2D eigenvalue weighted by Gasteiger charge is -2.26. The number of carbonyl (C=O) groups is 2.